The van der Waals surface area contributed by atoms with Gasteiger partial charge in [-0.2, -0.15) is 0 Å². The summed E-state index contributed by atoms with van der Waals surface area (Å²) in [5, 5.41) is 8.79. The lowest BCUT2D eigenvalue weighted by atomic mass is 9.88. The van der Waals surface area contributed by atoms with E-state index in [2.05, 4.69) is 0 Å². The minimum absolute atomic E-state index is 0.157. The molecular weight excluding hydrogens is 259 g/mol. The maximum atomic E-state index is 14.2. The summed E-state index contributed by atoms with van der Waals surface area (Å²) >= 11 is 0. The lowest BCUT2D eigenvalue weighted by Gasteiger charge is -2.31. The first-order valence-electron chi connectivity index (χ1n) is 6.06. The van der Waals surface area contributed by atoms with Crippen molar-refractivity contribution >= 4 is 6.09 Å². The van der Waals surface area contributed by atoms with Gasteiger partial charge in [-0.05, 0) is 24.8 Å². The fraction of sp³-hybridized carbons (Fsp3) is 0.462. The zero-order chi connectivity index (χ0) is 14.0. The van der Waals surface area contributed by atoms with Gasteiger partial charge in [-0.25, -0.2) is 18.0 Å². The number of likely N-dealkylation sites (tertiary alicyclic amines) is 1. The van der Waals surface area contributed by atoms with Crippen LogP contribution in [0.1, 0.15) is 24.6 Å². The maximum Gasteiger partial charge on any atom is 0.407 e. The Morgan fingerprint density at radius 2 is 1.95 bits per heavy atom. The van der Waals surface area contributed by atoms with Crippen LogP contribution in [0, 0.1) is 17.6 Å². The quantitative estimate of drug-likeness (QED) is 0.897. The monoisotopic (exact) mass is 273 g/mol. The number of benzene rings is 1. The van der Waals surface area contributed by atoms with Gasteiger partial charge in [0, 0.05) is 24.7 Å². The highest BCUT2D eigenvalue weighted by atomic mass is 19.1. The highest BCUT2D eigenvalue weighted by Gasteiger charge is 2.30. The van der Waals surface area contributed by atoms with Gasteiger partial charge >= 0.3 is 6.09 Å². The van der Waals surface area contributed by atoms with Crippen molar-refractivity contribution in [3.8, 4) is 0 Å². The zero-order valence-electron chi connectivity index (χ0n) is 10.2. The molecule has 1 heterocycles. The molecule has 0 saturated carbocycles. The number of halogens is 3. The van der Waals surface area contributed by atoms with Crippen LogP contribution in [0.3, 0.4) is 0 Å². The van der Waals surface area contributed by atoms with Gasteiger partial charge in [0.15, 0.2) is 0 Å². The normalized spacial score (nSPS) is 18.4. The van der Waals surface area contributed by atoms with Crippen molar-refractivity contribution in [3.63, 3.8) is 0 Å². The third-order valence-corrected chi connectivity index (χ3v) is 3.48. The average molecular weight is 273 g/mol. The SMILES string of the molecule is O=C(O)N1CCC(C(F)c2ccc(F)cc2F)CC1. The average Bonchev–Trinajstić information content (AvgIpc) is 2.38. The molecule has 0 spiro atoms. The summed E-state index contributed by atoms with van der Waals surface area (Å²) < 4.78 is 40.4. The number of piperidine rings is 1. The van der Waals surface area contributed by atoms with Crippen molar-refractivity contribution < 1.29 is 23.1 Å². The van der Waals surface area contributed by atoms with E-state index in [1.54, 1.807) is 0 Å². The third kappa shape index (κ3) is 3.00. The van der Waals surface area contributed by atoms with Gasteiger partial charge in [-0.3, -0.25) is 0 Å². The van der Waals surface area contributed by atoms with Crippen LogP contribution in [0.25, 0.3) is 0 Å². The lowest BCUT2D eigenvalue weighted by Crippen LogP contribution is -2.38. The molecule has 3 nitrogen and oxygen atoms in total. The van der Waals surface area contributed by atoms with Gasteiger partial charge < -0.3 is 10.0 Å². The molecule has 1 unspecified atom stereocenters. The molecule has 1 aliphatic rings. The smallest absolute Gasteiger partial charge is 0.407 e. The van der Waals surface area contributed by atoms with Gasteiger partial charge in [0.2, 0.25) is 0 Å². The second kappa shape index (κ2) is 5.50. The summed E-state index contributed by atoms with van der Waals surface area (Å²) in [6.45, 7) is 0.479. The van der Waals surface area contributed by atoms with E-state index < -0.39 is 29.8 Å². The molecule has 6 heteroatoms. The van der Waals surface area contributed by atoms with Crippen LogP contribution in [0.15, 0.2) is 18.2 Å². The fourth-order valence-electron chi connectivity index (χ4n) is 2.36. The van der Waals surface area contributed by atoms with Gasteiger partial charge in [-0.1, -0.05) is 6.07 Å². The predicted octanol–water partition coefficient (Wildman–Crippen LogP) is 3.37. The molecule has 1 aromatic carbocycles. The van der Waals surface area contributed by atoms with Crippen LogP contribution in [-0.2, 0) is 0 Å². The van der Waals surface area contributed by atoms with Crippen LogP contribution < -0.4 is 0 Å². The fourth-order valence-corrected chi connectivity index (χ4v) is 2.36. The summed E-state index contributed by atoms with van der Waals surface area (Å²) in [4.78, 5) is 11.9. The molecule has 0 radical (unpaired) electrons. The Bertz CT molecular complexity index is 473. The minimum atomic E-state index is -1.53. The Morgan fingerprint density at radius 1 is 1.32 bits per heavy atom. The standard InChI is InChI=1S/C13H14F3NO2/c14-9-1-2-10(11(15)7-9)12(16)8-3-5-17(6-4-8)13(18)19/h1-2,7-8,12H,3-6H2,(H,18,19). The summed E-state index contributed by atoms with van der Waals surface area (Å²) in [6.07, 6.45) is -1.88. The molecule has 0 bridgehead atoms. The second-order valence-electron chi connectivity index (χ2n) is 4.67. The molecular formula is C13H14F3NO2. The minimum Gasteiger partial charge on any atom is -0.465 e. The molecule has 19 heavy (non-hydrogen) atoms. The molecule has 1 aliphatic heterocycles. The first kappa shape index (κ1) is 13.7. The van der Waals surface area contributed by atoms with E-state index in [0.29, 0.717) is 18.9 Å². The Balaban J connectivity index is 2.05. The lowest BCUT2D eigenvalue weighted by molar-refractivity contribution is 0.0998. The number of carboxylic acid groups (broad SMARTS) is 1. The Kier molecular flexibility index (Phi) is 3.97. The van der Waals surface area contributed by atoms with Crippen LogP contribution in [-0.4, -0.2) is 29.2 Å². The van der Waals surface area contributed by atoms with Gasteiger partial charge in [0.1, 0.15) is 17.8 Å². The molecule has 2 rings (SSSR count). The number of hydrogen-bond donors (Lipinski definition) is 1. The largest absolute Gasteiger partial charge is 0.465 e. The van der Waals surface area contributed by atoms with Crippen LogP contribution in [0.2, 0.25) is 0 Å². The Morgan fingerprint density at radius 3 is 2.47 bits per heavy atom. The Hall–Kier alpha value is -1.72. The van der Waals surface area contributed by atoms with Gasteiger partial charge in [-0.15, -0.1) is 0 Å². The summed E-state index contributed by atoms with van der Waals surface area (Å²) in [6, 6.07) is 2.80. The maximum absolute atomic E-state index is 14.2. The number of nitrogens with zero attached hydrogens (tertiary/aromatic N) is 1. The summed E-state index contributed by atoms with van der Waals surface area (Å²) in [7, 11) is 0. The molecule has 1 amide bonds. The Labute approximate surface area is 108 Å². The van der Waals surface area contributed by atoms with E-state index in [4.69, 9.17) is 5.11 Å². The van der Waals surface area contributed by atoms with E-state index in [1.807, 2.05) is 0 Å². The number of hydrogen-bond acceptors (Lipinski definition) is 1. The van der Waals surface area contributed by atoms with Crippen molar-refractivity contribution in [3.05, 3.63) is 35.4 Å². The molecule has 1 atom stereocenters. The highest BCUT2D eigenvalue weighted by molar-refractivity contribution is 5.64. The molecule has 0 aromatic heterocycles. The molecule has 0 aliphatic carbocycles. The van der Waals surface area contributed by atoms with E-state index in [9.17, 15) is 18.0 Å². The van der Waals surface area contributed by atoms with Crippen LogP contribution in [0.5, 0.6) is 0 Å². The highest BCUT2D eigenvalue weighted by Crippen LogP contribution is 2.35. The predicted molar refractivity (Wildman–Crippen MR) is 62.5 cm³/mol. The molecule has 1 fully saturated rings. The number of alkyl halides is 1. The number of carbonyl (C=O) groups is 1. The zero-order valence-corrected chi connectivity index (χ0v) is 10.2. The topological polar surface area (TPSA) is 40.5 Å². The molecule has 1 N–H and O–H groups in total. The van der Waals surface area contributed by atoms with Crippen LogP contribution in [0.4, 0.5) is 18.0 Å². The number of rotatable bonds is 2. The summed E-state index contributed by atoms with van der Waals surface area (Å²) in [5.41, 5.74) is -0.157. The molecule has 1 saturated heterocycles. The molecule has 1 aromatic rings. The summed E-state index contributed by atoms with van der Waals surface area (Å²) in [5.74, 6) is -2.07. The van der Waals surface area contributed by atoms with Gasteiger partial charge in [0.25, 0.3) is 0 Å². The van der Waals surface area contributed by atoms with E-state index in [0.717, 1.165) is 12.1 Å². The van der Waals surface area contributed by atoms with Crippen molar-refractivity contribution in [2.24, 2.45) is 5.92 Å². The first-order chi connectivity index (χ1) is 8.99. The van der Waals surface area contributed by atoms with Gasteiger partial charge in [0.05, 0.1) is 0 Å². The van der Waals surface area contributed by atoms with Crippen molar-refractivity contribution in [1.82, 2.24) is 4.90 Å². The van der Waals surface area contributed by atoms with Crippen molar-refractivity contribution in [1.29, 1.82) is 0 Å². The number of amides is 1. The molecule has 104 valence electrons. The first-order valence-corrected chi connectivity index (χ1v) is 6.06. The van der Waals surface area contributed by atoms with E-state index in [1.165, 1.54) is 4.90 Å². The van der Waals surface area contributed by atoms with E-state index in [-0.39, 0.29) is 18.7 Å². The third-order valence-electron chi connectivity index (χ3n) is 3.48. The van der Waals surface area contributed by atoms with Crippen molar-refractivity contribution in [2.75, 3.05) is 13.1 Å². The van der Waals surface area contributed by atoms with Crippen molar-refractivity contribution in [2.45, 2.75) is 19.0 Å². The van der Waals surface area contributed by atoms with Crippen LogP contribution >= 0.6 is 0 Å². The second-order valence-corrected chi connectivity index (χ2v) is 4.67. The van der Waals surface area contributed by atoms with E-state index >= 15 is 0 Å².